The number of carbonyl (C=O) groups excluding carboxylic acids is 2. The van der Waals surface area contributed by atoms with Crippen LogP contribution in [0.1, 0.15) is 63.9 Å². The van der Waals surface area contributed by atoms with Crippen molar-refractivity contribution >= 4 is 23.8 Å². The number of aliphatic hydroxyl groups excluding tert-OH is 2. The van der Waals surface area contributed by atoms with Crippen LogP contribution in [0.25, 0.3) is 0 Å². The standard InChI is InChI=1S/C28H27FN2O5.C4H6O6/c29-17-3-1-2-16-21(17)26(34)31(25(16)33)18-8-9-28(35)20-12-15-6-7-19(32)23-22(15)27(28,24(18)36-23)10-11-30(20)13-14-4-5-14;5-1(3(7)8)2(6)4(9)10/h1-3,6-7,14,18,20,24,32,35H,4-5,8-13H2;1-2,5-6H,(H,7,8)(H,9,10)/t18-,20+,24-,27-,28+;/m0./s1. The Balaban J connectivity index is 0.000000296. The minimum absolute atomic E-state index is 0.00545. The van der Waals surface area contributed by atoms with Gasteiger partial charge in [0.05, 0.1) is 28.2 Å². The molecule has 1 saturated heterocycles. The van der Waals surface area contributed by atoms with Gasteiger partial charge in [0.1, 0.15) is 11.9 Å². The van der Waals surface area contributed by atoms with Crippen LogP contribution in [0.15, 0.2) is 30.3 Å². The van der Waals surface area contributed by atoms with Crippen LogP contribution in [-0.4, -0.2) is 113 Å². The van der Waals surface area contributed by atoms with E-state index in [1.807, 2.05) is 6.07 Å². The topological polar surface area (TPSA) is 205 Å². The van der Waals surface area contributed by atoms with Gasteiger partial charge in [0.2, 0.25) is 0 Å². The number of carbonyl (C=O) groups is 4. The van der Waals surface area contributed by atoms with Gasteiger partial charge in [-0.1, -0.05) is 12.1 Å². The van der Waals surface area contributed by atoms with Crippen molar-refractivity contribution in [2.75, 3.05) is 13.1 Å². The largest absolute Gasteiger partial charge is 0.504 e. The lowest BCUT2D eigenvalue weighted by atomic mass is 9.48. The van der Waals surface area contributed by atoms with E-state index in [9.17, 15) is 33.8 Å². The van der Waals surface area contributed by atoms with Gasteiger partial charge < -0.3 is 35.4 Å². The second-order valence-corrected chi connectivity index (χ2v) is 13.1. The first-order chi connectivity index (χ1) is 21.8. The molecule has 8 rings (SSSR count). The number of phenolic OH excluding ortho intramolecular Hbond substituents is 1. The van der Waals surface area contributed by atoms with Crippen LogP contribution in [0.5, 0.6) is 11.5 Å². The normalized spacial score (nSPS) is 31.7. The SMILES string of the molecule is O=C(O)C(O)C(O)C(=O)O.O=C1c2cccc(F)c2C(=O)N1[C@H]1CC[C@@]2(O)[C@H]3Cc4ccc(O)c5c4[C@@]2(CCN3CC2CC2)[C@H]1O5. The number of aromatic hydroxyl groups is 1. The molecule has 3 fully saturated rings. The number of phenols is 1. The molecule has 244 valence electrons. The Bertz CT molecular complexity index is 1660. The Morgan fingerprint density at radius 1 is 1.00 bits per heavy atom. The molecule has 6 aliphatic rings. The highest BCUT2D eigenvalue weighted by Gasteiger charge is 2.74. The number of fused-ring (bicyclic) bond motifs is 1. The second-order valence-electron chi connectivity index (χ2n) is 13.1. The van der Waals surface area contributed by atoms with Crippen LogP contribution < -0.4 is 4.74 Å². The summed E-state index contributed by atoms with van der Waals surface area (Å²) in [4.78, 5) is 50.0. The molecule has 6 N–H and O–H groups in total. The summed E-state index contributed by atoms with van der Waals surface area (Å²) in [6.07, 6.45) is -0.760. The summed E-state index contributed by atoms with van der Waals surface area (Å²) in [5.74, 6) is -4.37. The Labute approximate surface area is 261 Å². The molecule has 2 unspecified atom stereocenters. The summed E-state index contributed by atoms with van der Waals surface area (Å²) in [6.45, 7) is 1.75. The van der Waals surface area contributed by atoms with Crippen LogP contribution in [0, 0.1) is 11.7 Å². The van der Waals surface area contributed by atoms with E-state index in [0.717, 1.165) is 29.1 Å². The summed E-state index contributed by atoms with van der Waals surface area (Å²) in [5, 5.41) is 55.9. The summed E-state index contributed by atoms with van der Waals surface area (Å²) < 4.78 is 21.1. The molecule has 3 heterocycles. The van der Waals surface area contributed by atoms with Crippen LogP contribution in [0.3, 0.4) is 0 Å². The molecule has 2 aromatic carbocycles. The number of hydrogen-bond acceptors (Lipinski definition) is 10. The minimum Gasteiger partial charge on any atom is -0.504 e. The van der Waals surface area contributed by atoms with Gasteiger partial charge in [-0.05, 0) is 74.8 Å². The van der Waals surface area contributed by atoms with Crippen molar-refractivity contribution in [1.82, 2.24) is 9.80 Å². The third kappa shape index (κ3) is 4.13. The molecule has 2 aromatic rings. The lowest BCUT2D eigenvalue weighted by molar-refractivity contribution is -0.196. The zero-order valence-corrected chi connectivity index (χ0v) is 24.5. The number of amides is 2. The number of imide groups is 1. The molecule has 46 heavy (non-hydrogen) atoms. The van der Waals surface area contributed by atoms with E-state index in [-0.39, 0.29) is 22.9 Å². The molecule has 2 bridgehead atoms. The van der Waals surface area contributed by atoms with Crippen molar-refractivity contribution in [3.05, 3.63) is 58.4 Å². The molecule has 0 aromatic heterocycles. The van der Waals surface area contributed by atoms with Gasteiger partial charge in [-0.15, -0.1) is 0 Å². The van der Waals surface area contributed by atoms with Crippen LogP contribution in [-0.2, 0) is 21.4 Å². The average Bonchev–Trinajstić information content (AvgIpc) is 3.70. The molecular formula is C32H33FN2O11. The first kappa shape index (κ1) is 30.5. The third-order valence-corrected chi connectivity index (χ3v) is 10.8. The predicted molar refractivity (Wildman–Crippen MR) is 153 cm³/mol. The lowest BCUT2D eigenvalue weighted by Crippen LogP contribution is -2.78. The summed E-state index contributed by atoms with van der Waals surface area (Å²) in [7, 11) is 0. The number of benzene rings is 2. The minimum atomic E-state index is -2.27. The van der Waals surface area contributed by atoms with E-state index in [0.29, 0.717) is 37.4 Å². The summed E-state index contributed by atoms with van der Waals surface area (Å²) in [6, 6.07) is 6.91. The number of ether oxygens (including phenoxy) is 1. The predicted octanol–water partition coefficient (Wildman–Crippen LogP) is 0.638. The van der Waals surface area contributed by atoms with Gasteiger partial charge in [0.15, 0.2) is 23.7 Å². The second kappa shape index (κ2) is 10.5. The quantitative estimate of drug-likeness (QED) is 0.241. The number of piperidine rings is 1. The van der Waals surface area contributed by atoms with Crippen LogP contribution in [0.2, 0.25) is 0 Å². The van der Waals surface area contributed by atoms with Gasteiger partial charge in [0.25, 0.3) is 11.8 Å². The molecule has 7 atom stereocenters. The molecule has 3 aliphatic heterocycles. The van der Waals surface area contributed by atoms with E-state index in [1.165, 1.54) is 31.0 Å². The fraction of sp³-hybridized carbons (Fsp3) is 0.500. The van der Waals surface area contributed by atoms with Crippen molar-refractivity contribution in [2.45, 2.75) is 79.9 Å². The fourth-order valence-corrected chi connectivity index (χ4v) is 8.55. The molecular weight excluding hydrogens is 607 g/mol. The Morgan fingerprint density at radius 2 is 1.70 bits per heavy atom. The monoisotopic (exact) mass is 640 g/mol. The first-order valence-corrected chi connectivity index (χ1v) is 15.3. The smallest absolute Gasteiger partial charge is 0.335 e. The number of carboxylic acids is 2. The molecule has 0 radical (unpaired) electrons. The number of rotatable bonds is 6. The molecule has 14 heteroatoms. The zero-order chi connectivity index (χ0) is 32.9. The Kier molecular flexibility index (Phi) is 6.94. The number of hydrogen-bond donors (Lipinski definition) is 6. The van der Waals surface area contributed by atoms with E-state index in [4.69, 9.17) is 25.2 Å². The van der Waals surface area contributed by atoms with E-state index in [1.54, 1.807) is 6.07 Å². The maximum absolute atomic E-state index is 14.6. The number of nitrogens with zero attached hydrogens (tertiary/aromatic N) is 2. The van der Waals surface area contributed by atoms with Crippen molar-refractivity contribution in [3.63, 3.8) is 0 Å². The van der Waals surface area contributed by atoms with E-state index < -0.39 is 64.9 Å². The summed E-state index contributed by atoms with van der Waals surface area (Å²) >= 11 is 0. The van der Waals surface area contributed by atoms with E-state index in [2.05, 4.69) is 4.90 Å². The fourth-order valence-electron chi connectivity index (χ4n) is 8.55. The molecule has 2 saturated carbocycles. The van der Waals surface area contributed by atoms with Gasteiger partial charge in [-0.25, -0.2) is 14.0 Å². The first-order valence-electron chi connectivity index (χ1n) is 15.3. The van der Waals surface area contributed by atoms with Crippen LogP contribution >= 0.6 is 0 Å². The van der Waals surface area contributed by atoms with Crippen molar-refractivity contribution in [2.24, 2.45) is 5.92 Å². The number of halogens is 1. The summed E-state index contributed by atoms with van der Waals surface area (Å²) in [5.41, 5.74) is -0.203. The molecule has 2 amide bonds. The maximum Gasteiger partial charge on any atom is 0.335 e. The van der Waals surface area contributed by atoms with Gasteiger partial charge in [-0.3, -0.25) is 19.4 Å². The average molecular weight is 641 g/mol. The van der Waals surface area contributed by atoms with Gasteiger partial charge in [0, 0.05) is 18.2 Å². The number of carboxylic acid groups (broad SMARTS) is 2. The molecule has 3 aliphatic carbocycles. The van der Waals surface area contributed by atoms with Crippen molar-refractivity contribution < 1.29 is 58.9 Å². The molecule has 1 spiro atoms. The van der Waals surface area contributed by atoms with E-state index >= 15 is 0 Å². The van der Waals surface area contributed by atoms with Crippen molar-refractivity contribution in [1.29, 1.82) is 0 Å². The molecule has 13 nitrogen and oxygen atoms in total. The highest BCUT2D eigenvalue weighted by molar-refractivity contribution is 6.21. The lowest BCUT2D eigenvalue weighted by Gasteiger charge is -2.64. The van der Waals surface area contributed by atoms with Crippen molar-refractivity contribution in [3.8, 4) is 11.5 Å². The van der Waals surface area contributed by atoms with Gasteiger partial charge in [-0.2, -0.15) is 0 Å². The number of aliphatic hydroxyl groups is 3. The van der Waals surface area contributed by atoms with Crippen LogP contribution in [0.4, 0.5) is 4.39 Å². The number of aliphatic carboxylic acids is 2. The zero-order valence-electron chi connectivity index (χ0n) is 24.5. The Morgan fingerprint density at radius 3 is 2.33 bits per heavy atom. The number of likely N-dealkylation sites (tertiary alicyclic amines) is 1. The van der Waals surface area contributed by atoms with Gasteiger partial charge >= 0.3 is 11.9 Å². The Hall–Kier alpha value is -4.11. The highest BCUT2D eigenvalue weighted by atomic mass is 19.1. The maximum atomic E-state index is 14.6. The highest BCUT2D eigenvalue weighted by Crippen LogP contribution is 2.66. The third-order valence-electron chi connectivity index (χ3n) is 10.8.